The number of amides is 1. The van der Waals surface area contributed by atoms with Gasteiger partial charge in [-0.1, -0.05) is 12.1 Å². The van der Waals surface area contributed by atoms with Crippen molar-refractivity contribution in [3.05, 3.63) is 35.5 Å². The Morgan fingerprint density at radius 2 is 2.36 bits per heavy atom. The van der Waals surface area contributed by atoms with E-state index < -0.39 is 0 Å². The number of carbonyl (C=O) groups excluding carboxylic acids is 1. The van der Waals surface area contributed by atoms with E-state index in [0.29, 0.717) is 6.54 Å². The van der Waals surface area contributed by atoms with Gasteiger partial charge in [-0.3, -0.25) is 4.79 Å². The van der Waals surface area contributed by atoms with Crippen molar-refractivity contribution in [3.8, 4) is 5.75 Å². The maximum absolute atomic E-state index is 10.6. The van der Waals surface area contributed by atoms with Crippen LogP contribution in [-0.4, -0.2) is 18.4 Å². The monoisotopic (exact) mass is 189 g/mol. The van der Waals surface area contributed by atoms with Gasteiger partial charge in [-0.2, -0.15) is 0 Å². The number of rotatable bonds is 2. The molecule has 1 aromatic rings. The normalized spacial score (nSPS) is 13.6. The van der Waals surface area contributed by atoms with Gasteiger partial charge in [0.25, 0.3) is 0 Å². The highest BCUT2D eigenvalue weighted by Crippen LogP contribution is 2.27. The second kappa shape index (κ2) is 3.54. The van der Waals surface area contributed by atoms with E-state index in [4.69, 9.17) is 4.74 Å². The first kappa shape index (κ1) is 8.81. The molecule has 0 bridgehead atoms. The Bertz CT molecular complexity index is 385. The van der Waals surface area contributed by atoms with E-state index in [0.717, 1.165) is 23.3 Å². The van der Waals surface area contributed by atoms with E-state index >= 15 is 0 Å². The fraction of sp³-hybridized carbons (Fsp3) is 0.182. The van der Waals surface area contributed by atoms with Crippen LogP contribution in [0.3, 0.4) is 0 Å². The fourth-order valence-electron chi connectivity index (χ4n) is 1.58. The quantitative estimate of drug-likeness (QED) is 0.662. The van der Waals surface area contributed by atoms with Gasteiger partial charge in [0, 0.05) is 11.8 Å². The molecule has 1 heterocycles. The Balaban J connectivity index is 2.45. The highest BCUT2D eigenvalue weighted by Gasteiger charge is 2.13. The van der Waals surface area contributed by atoms with E-state index in [-0.39, 0.29) is 0 Å². The number of benzene rings is 1. The molecule has 2 rings (SSSR count). The van der Waals surface area contributed by atoms with Crippen LogP contribution in [0.2, 0.25) is 0 Å². The molecule has 1 aromatic carbocycles. The van der Waals surface area contributed by atoms with Gasteiger partial charge in [0.2, 0.25) is 6.41 Å². The number of hydrogen-bond acceptors (Lipinski definition) is 2. The Labute approximate surface area is 82.6 Å². The molecule has 0 N–H and O–H groups in total. The smallest absolute Gasteiger partial charge is 0.213 e. The zero-order valence-corrected chi connectivity index (χ0v) is 7.93. The van der Waals surface area contributed by atoms with E-state index in [1.165, 1.54) is 0 Å². The molecule has 1 aliphatic heterocycles. The number of nitrogens with zero attached hydrogens (tertiary/aromatic N) is 1. The number of ether oxygens (including phenoxy) is 1. The molecular formula is C11H11NO2. The van der Waals surface area contributed by atoms with Crippen LogP contribution in [0.1, 0.15) is 11.1 Å². The topological polar surface area (TPSA) is 29.5 Å². The summed E-state index contributed by atoms with van der Waals surface area (Å²) in [4.78, 5) is 12.2. The highest BCUT2D eigenvalue weighted by molar-refractivity contribution is 5.64. The van der Waals surface area contributed by atoms with Crippen LogP contribution < -0.4 is 4.74 Å². The second-order valence-corrected chi connectivity index (χ2v) is 3.12. The van der Waals surface area contributed by atoms with Crippen molar-refractivity contribution in [2.75, 3.05) is 7.11 Å². The van der Waals surface area contributed by atoms with Crippen LogP contribution in [0.25, 0.3) is 6.08 Å². The van der Waals surface area contributed by atoms with Crippen LogP contribution in [-0.2, 0) is 11.3 Å². The van der Waals surface area contributed by atoms with Gasteiger partial charge in [0.1, 0.15) is 5.75 Å². The van der Waals surface area contributed by atoms with Gasteiger partial charge in [-0.05, 0) is 17.7 Å². The molecular weight excluding hydrogens is 178 g/mol. The number of methoxy groups -OCH3 is 1. The first-order chi connectivity index (χ1) is 6.85. The summed E-state index contributed by atoms with van der Waals surface area (Å²) >= 11 is 0. The van der Waals surface area contributed by atoms with Crippen molar-refractivity contribution in [3.63, 3.8) is 0 Å². The molecule has 0 aliphatic carbocycles. The second-order valence-electron chi connectivity index (χ2n) is 3.12. The SMILES string of the molecule is COc1cccc2c1CN(C=O)C=C2. The molecule has 0 saturated heterocycles. The van der Waals surface area contributed by atoms with E-state index in [1.54, 1.807) is 18.2 Å². The molecule has 14 heavy (non-hydrogen) atoms. The fourth-order valence-corrected chi connectivity index (χ4v) is 1.58. The van der Waals surface area contributed by atoms with Gasteiger partial charge in [0.15, 0.2) is 0 Å². The Morgan fingerprint density at radius 1 is 1.50 bits per heavy atom. The summed E-state index contributed by atoms with van der Waals surface area (Å²) in [5, 5.41) is 0. The van der Waals surface area contributed by atoms with Crippen molar-refractivity contribution < 1.29 is 9.53 Å². The molecule has 0 spiro atoms. The standard InChI is InChI=1S/C11H11NO2/c1-14-11-4-2-3-9-5-6-12(8-13)7-10(9)11/h2-6,8H,7H2,1H3. The maximum atomic E-state index is 10.6. The Hall–Kier alpha value is -1.77. The summed E-state index contributed by atoms with van der Waals surface area (Å²) in [6, 6.07) is 5.86. The Kier molecular flexibility index (Phi) is 2.23. The van der Waals surface area contributed by atoms with Crippen molar-refractivity contribution in [1.82, 2.24) is 4.90 Å². The lowest BCUT2D eigenvalue weighted by atomic mass is 10.0. The molecule has 1 amide bonds. The number of carbonyl (C=O) groups is 1. The van der Waals surface area contributed by atoms with Crippen molar-refractivity contribution in [1.29, 1.82) is 0 Å². The third-order valence-electron chi connectivity index (χ3n) is 2.31. The Morgan fingerprint density at radius 3 is 3.07 bits per heavy atom. The largest absolute Gasteiger partial charge is 0.496 e. The molecule has 1 aliphatic rings. The summed E-state index contributed by atoms with van der Waals surface area (Å²) in [6.07, 6.45) is 4.50. The van der Waals surface area contributed by atoms with Crippen LogP contribution in [0.4, 0.5) is 0 Å². The lowest BCUT2D eigenvalue weighted by Gasteiger charge is -2.21. The predicted molar refractivity (Wildman–Crippen MR) is 53.6 cm³/mol. The average Bonchev–Trinajstić information content (AvgIpc) is 2.27. The van der Waals surface area contributed by atoms with E-state index in [9.17, 15) is 4.79 Å². The first-order valence-corrected chi connectivity index (χ1v) is 4.40. The molecule has 0 unspecified atom stereocenters. The van der Waals surface area contributed by atoms with E-state index in [2.05, 4.69) is 0 Å². The lowest BCUT2D eigenvalue weighted by molar-refractivity contribution is -0.116. The number of fused-ring (bicyclic) bond motifs is 1. The third-order valence-corrected chi connectivity index (χ3v) is 2.31. The molecule has 3 nitrogen and oxygen atoms in total. The highest BCUT2D eigenvalue weighted by atomic mass is 16.5. The molecule has 0 fully saturated rings. The predicted octanol–water partition coefficient (Wildman–Crippen LogP) is 1.64. The summed E-state index contributed by atoms with van der Waals surface area (Å²) in [7, 11) is 1.64. The lowest BCUT2D eigenvalue weighted by Crippen LogP contribution is -2.18. The maximum Gasteiger partial charge on any atom is 0.213 e. The summed E-state index contributed by atoms with van der Waals surface area (Å²) < 4.78 is 5.23. The summed E-state index contributed by atoms with van der Waals surface area (Å²) in [6.45, 7) is 0.583. The van der Waals surface area contributed by atoms with Gasteiger partial charge in [0.05, 0.1) is 13.7 Å². The van der Waals surface area contributed by atoms with Gasteiger partial charge in [-0.25, -0.2) is 0 Å². The molecule has 3 heteroatoms. The van der Waals surface area contributed by atoms with Crippen LogP contribution in [0.5, 0.6) is 5.75 Å². The summed E-state index contributed by atoms with van der Waals surface area (Å²) in [5.74, 6) is 0.832. The van der Waals surface area contributed by atoms with Crippen molar-refractivity contribution in [2.24, 2.45) is 0 Å². The third kappa shape index (κ3) is 1.37. The van der Waals surface area contributed by atoms with Crippen LogP contribution >= 0.6 is 0 Å². The minimum Gasteiger partial charge on any atom is -0.496 e. The first-order valence-electron chi connectivity index (χ1n) is 4.40. The van der Waals surface area contributed by atoms with Gasteiger partial charge >= 0.3 is 0 Å². The zero-order valence-electron chi connectivity index (χ0n) is 7.93. The van der Waals surface area contributed by atoms with Crippen molar-refractivity contribution in [2.45, 2.75) is 6.54 Å². The van der Waals surface area contributed by atoms with Crippen LogP contribution in [0, 0.1) is 0 Å². The van der Waals surface area contributed by atoms with Gasteiger partial charge in [-0.15, -0.1) is 0 Å². The van der Waals surface area contributed by atoms with Crippen molar-refractivity contribution >= 4 is 12.5 Å². The van der Waals surface area contributed by atoms with E-state index in [1.807, 2.05) is 24.3 Å². The molecule has 72 valence electrons. The molecule has 0 atom stereocenters. The molecule has 0 aromatic heterocycles. The zero-order chi connectivity index (χ0) is 9.97. The molecule has 0 saturated carbocycles. The van der Waals surface area contributed by atoms with Crippen LogP contribution in [0.15, 0.2) is 24.4 Å². The van der Waals surface area contributed by atoms with Gasteiger partial charge < -0.3 is 9.64 Å². The molecule has 0 radical (unpaired) electrons. The summed E-state index contributed by atoms with van der Waals surface area (Å²) in [5.41, 5.74) is 2.17. The number of hydrogen-bond donors (Lipinski definition) is 0. The average molecular weight is 189 g/mol. The minimum absolute atomic E-state index is 0.583. The minimum atomic E-state index is 0.583.